The zero-order valence-corrected chi connectivity index (χ0v) is 11.3. The van der Waals surface area contributed by atoms with E-state index >= 15 is 0 Å². The molecule has 2 atom stereocenters. The predicted octanol–water partition coefficient (Wildman–Crippen LogP) is -0.495. The van der Waals surface area contributed by atoms with Gasteiger partial charge in [0, 0.05) is 0 Å². The monoisotopic (exact) mass is 313 g/mol. The van der Waals surface area contributed by atoms with Gasteiger partial charge < -0.3 is 0 Å². The van der Waals surface area contributed by atoms with Gasteiger partial charge in [-0.1, -0.05) is 0 Å². The molecule has 1 aromatic carbocycles. The van der Waals surface area contributed by atoms with Crippen LogP contribution < -0.4 is 10.6 Å². The van der Waals surface area contributed by atoms with E-state index in [0.29, 0.717) is 11.7 Å². The minimum atomic E-state index is -0.551. The Labute approximate surface area is 113 Å². The van der Waals surface area contributed by atoms with E-state index in [4.69, 9.17) is 0 Å². The average molecular weight is 312 g/mol. The van der Waals surface area contributed by atoms with Crippen LogP contribution in [0.2, 0.25) is 5.32 Å². The van der Waals surface area contributed by atoms with E-state index in [1.54, 1.807) is 24.3 Å². The summed E-state index contributed by atoms with van der Waals surface area (Å²) < 4.78 is 0. The van der Waals surface area contributed by atoms with Gasteiger partial charge in [0.2, 0.25) is 0 Å². The Hall–Kier alpha value is -1.52. The van der Waals surface area contributed by atoms with Gasteiger partial charge in [-0.25, -0.2) is 0 Å². The molecule has 0 bridgehead atoms. The van der Waals surface area contributed by atoms with Crippen LogP contribution in [-0.4, -0.2) is 45.0 Å². The third-order valence-corrected chi connectivity index (χ3v) is 3.51. The molecule has 0 saturated carbocycles. The van der Waals surface area contributed by atoms with Gasteiger partial charge in [0.1, 0.15) is 0 Å². The molecule has 2 rings (SSSR count). The number of rotatable bonds is 3. The van der Waals surface area contributed by atoms with Crippen molar-refractivity contribution in [1.29, 1.82) is 0 Å². The molecule has 1 radical (unpaired) electrons. The molecule has 5 nitrogen and oxygen atoms in total. The Kier molecular flexibility index (Phi) is 3.89. The second kappa shape index (κ2) is 5.42. The molecule has 0 spiro atoms. The molecule has 1 saturated heterocycles. The molecule has 2 amide bonds. The Morgan fingerprint density at radius 2 is 1.61 bits per heavy atom. The summed E-state index contributed by atoms with van der Waals surface area (Å²) >= 11 is 2.73. The first-order valence-electron chi connectivity index (χ1n) is 5.57. The van der Waals surface area contributed by atoms with Crippen molar-refractivity contribution in [2.75, 3.05) is 0 Å². The molecule has 0 aromatic heterocycles. The number of benzene rings is 1. The Morgan fingerprint density at radius 3 is 2.22 bits per heavy atom. The van der Waals surface area contributed by atoms with Crippen LogP contribution in [0.3, 0.4) is 0 Å². The molecule has 3 N–H and O–H groups in total. The number of aromatic hydroxyl groups is 1. The van der Waals surface area contributed by atoms with Gasteiger partial charge >= 0.3 is 113 Å². The summed E-state index contributed by atoms with van der Waals surface area (Å²) in [4.78, 5) is 23.4. The number of hydrogen-bond acceptors (Lipinski definition) is 3. The predicted molar refractivity (Wildman–Crippen MR) is 66.2 cm³/mol. The summed E-state index contributed by atoms with van der Waals surface area (Å²) in [6, 6.07) is 5.55. The maximum absolute atomic E-state index is 11.8. The zero-order valence-electron chi connectivity index (χ0n) is 9.55. The summed E-state index contributed by atoms with van der Waals surface area (Å²) in [5, 5.41) is 15.0. The molecule has 2 unspecified atom stereocenters. The fourth-order valence-corrected chi connectivity index (χ4v) is 2.30. The first-order valence-corrected chi connectivity index (χ1v) is 6.78. The number of amides is 2. The second-order valence-electron chi connectivity index (χ2n) is 4.16. The fourth-order valence-electron chi connectivity index (χ4n) is 1.80. The first-order chi connectivity index (χ1) is 8.60. The number of phenolic OH excluding ortho intramolecular Hbond substituents is 1. The average Bonchev–Trinajstić information content (AvgIpc) is 2.36. The quantitative estimate of drug-likeness (QED) is 0.659. The van der Waals surface area contributed by atoms with Gasteiger partial charge in [-0.15, -0.1) is 0 Å². The van der Waals surface area contributed by atoms with Crippen LogP contribution in [0.25, 0.3) is 0 Å². The van der Waals surface area contributed by atoms with Crippen LogP contribution in [0.1, 0.15) is 5.56 Å². The van der Waals surface area contributed by atoms with Crippen LogP contribution in [0.5, 0.6) is 5.75 Å². The van der Waals surface area contributed by atoms with Crippen LogP contribution in [-0.2, 0) is 16.0 Å². The van der Waals surface area contributed by atoms with Crippen molar-refractivity contribution in [3.05, 3.63) is 29.8 Å². The van der Waals surface area contributed by atoms with Crippen molar-refractivity contribution < 1.29 is 14.7 Å². The van der Waals surface area contributed by atoms with Gasteiger partial charge in [0.25, 0.3) is 0 Å². The van der Waals surface area contributed by atoms with Crippen LogP contribution in [0, 0.1) is 0 Å². The fraction of sp³-hybridized carbons (Fsp3) is 0.333. The van der Waals surface area contributed by atoms with Gasteiger partial charge in [-0.3, -0.25) is 0 Å². The van der Waals surface area contributed by atoms with Crippen LogP contribution in [0.15, 0.2) is 24.3 Å². The molecule has 95 valence electrons. The van der Waals surface area contributed by atoms with Gasteiger partial charge in [-0.2, -0.15) is 0 Å². The standard InChI is InChI=1S/C12H13N2O3Se/c15-8-3-1-7(2-4-8)5-9-11(16)14-10(6-18)12(17)13-9/h1-4,9-10,15H,5-6H2,(H,13,17)(H,14,16). The molecule has 1 aliphatic rings. The molecular weight excluding hydrogens is 299 g/mol. The van der Waals surface area contributed by atoms with E-state index in [2.05, 4.69) is 26.6 Å². The normalized spacial score (nSPS) is 23.4. The van der Waals surface area contributed by atoms with Gasteiger partial charge in [-0.05, 0) is 0 Å². The van der Waals surface area contributed by atoms with Crippen LogP contribution in [0.4, 0.5) is 0 Å². The van der Waals surface area contributed by atoms with Crippen molar-refractivity contribution in [3.63, 3.8) is 0 Å². The minimum absolute atomic E-state index is 0.169. The van der Waals surface area contributed by atoms with E-state index in [-0.39, 0.29) is 17.6 Å². The number of nitrogens with one attached hydrogen (secondary N) is 2. The molecule has 1 aliphatic heterocycles. The van der Waals surface area contributed by atoms with Gasteiger partial charge in [0.15, 0.2) is 0 Å². The number of carbonyl (C=O) groups excluding carboxylic acids is 2. The van der Waals surface area contributed by atoms with Crippen LogP contribution >= 0.6 is 0 Å². The number of hydrogen-bond donors (Lipinski definition) is 3. The molecule has 0 aliphatic carbocycles. The molecule has 1 heterocycles. The molecule has 1 aromatic rings. The van der Waals surface area contributed by atoms with Crippen molar-refractivity contribution in [2.24, 2.45) is 0 Å². The van der Waals surface area contributed by atoms with Gasteiger partial charge in [0.05, 0.1) is 0 Å². The summed E-state index contributed by atoms with van der Waals surface area (Å²) in [5.74, 6) is -0.169. The molecule has 18 heavy (non-hydrogen) atoms. The topological polar surface area (TPSA) is 78.4 Å². The van der Waals surface area contributed by atoms with E-state index in [9.17, 15) is 14.7 Å². The van der Waals surface area contributed by atoms with E-state index in [1.807, 2.05) is 0 Å². The van der Waals surface area contributed by atoms with Crippen molar-refractivity contribution in [2.45, 2.75) is 23.8 Å². The van der Waals surface area contributed by atoms with Crippen molar-refractivity contribution >= 4 is 27.8 Å². The SMILES string of the molecule is O=C1NC(Cc2ccc(O)cc2)C(=O)NC1C[Se]. The number of phenols is 1. The Balaban J connectivity index is 2.04. The van der Waals surface area contributed by atoms with E-state index in [0.717, 1.165) is 5.56 Å². The van der Waals surface area contributed by atoms with Crippen molar-refractivity contribution in [1.82, 2.24) is 10.6 Å². The summed E-state index contributed by atoms with van der Waals surface area (Å²) in [5.41, 5.74) is 0.884. The zero-order chi connectivity index (χ0) is 13.1. The van der Waals surface area contributed by atoms with E-state index in [1.165, 1.54) is 0 Å². The summed E-state index contributed by atoms with van der Waals surface area (Å²) in [7, 11) is 0. The third kappa shape index (κ3) is 2.83. The summed E-state index contributed by atoms with van der Waals surface area (Å²) in [6.07, 6.45) is 0.415. The maximum atomic E-state index is 11.8. The number of carbonyl (C=O) groups is 2. The Morgan fingerprint density at radius 1 is 1.06 bits per heavy atom. The van der Waals surface area contributed by atoms with E-state index < -0.39 is 12.1 Å². The second-order valence-corrected chi connectivity index (χ2v) is 4.86. The summed E-state index contributed by atoms with van der Waals surface area (Å²) in [6.45, 7) is 0. The third-order valence-electron chi connectivity index (χ3n) is 2.81. The first kappa shape index (κ1) is 12.9. The Bertz CT molecular complexity index is 461. The molecule has 1 fully saturated rings. The molecular formula is C12H13N2O3Se. The molecule has 6 heteroatoms. The van der Waals surface area contributed by atoms with Crippen molar-refractivity contribution in [3.8, 4) is 5.75 Å². The number of piperazine rings is 1.